The Kier molecular flexibility index (Phi) is 5.80. The number of halogens is 2. The molecule has 138 valence electrons. The van der Waals surface area contributed by atoms with E-state index in [1.165, 1.54) is 0 Å². The number of aromatic amines is 1. The van der Waals surface area contributed by atoms with Crippen molar-refractivity contribution in [2.24, 2.45) is 7.05 Å². The van der Waals surface area contributed by atoms with Crippen LogP contribution in [0.25, 0.3) is 11.0 Å². The van der Waals surface area contributed by atoms with E-state index in [1.807, 2.05) is 13.0 Å². The zero-order chi connectivity index (χ0) is 18.7. The Labute approximate surface area is 160 Å². The van der Waals surface area contributed by atoms with Crippen LogP contribution in [0.4, 0.5) is 5.95 Å². The van der Waals surface area contributed by atoms with E-state index in [2.05, 4.69) is 20.4 Å². The average Bonchev–Trinajstić information content (AvgIpc) is 2.92. The highest BCUT2D eigenvalue weighted by molar-refractivity contribution is 6.42. The van der Waals surface area contributed by atoms with Crippen molar-refractivity contribution in [2.75, 3.05) is 18.5 Å². The van der Waals surface area contributed by atoms with E-state index in [0.717, 1.165) is 11.3 Å². The summed E-state index contributed by atoms with van der Waals surface area (Å²) >= 11 is 12.0. The lowest BCUT2D eigenvalue weighted by atomic mass is 10.2. The highest BCUT2D eigenvalue weighted by atomic mass is 35.5. The van der Waals surface area contributed by atoms with E-state index in [4.69, 9.17) is 27.9 Å². The fourth-order valence-corrected chi connectivity index (χ4v) is 2.97. The van der Waals surface area contributed by atoms with Crippen molar-refractivity contribution >= 4 is 40.2 Å². The summed E-state index contributed by atoms with van der Waals surface area (Å²) in [6.45, 7) is 3.54. The third-order valence-corrected chi connectivity index (χ3v) is 4.63. The van der Waals surface area contributed by atoms with Crippen LogP contribution in [0.3, 0.4) is 0 Å². The van der Waals surface area contributed by atoms with Crippen molar-refractivity contribution < 1.29 is 4.74 Å². The first-order valence-electron chi connectivity index (χ1n) is 8.21. The molecule has 0 fully saturated rings. The molecule has 0 bridgehead atoms. The van der Waals surface area contributed by atoms with Gasteiger partial charge in [0.15, 0.2) is 5.52 Å². The van der Waals surface area contributed by atoms with Crippen LogP contribution >= 0.6 is 23.2 Å². The summed E-state index contributed by atoms with van der Waals surface area (Å²) in [6.07, 6.45) is 0.591. The van der Waals surface area contributed by atoms with Gasteiger partial charge in [0.2, 0.25) is 5.95 Å². The minimum absolute atomic E-state index is 0.246. The minimum atomic E-state index is -0.246. The highest BCUT2D eigenvalue weighted by Gasteiger charge is 2.15. The van der Waals surface area contributed by atoms with E-state index in [9.17, 15) is 4.79 Å². The Morgan fingerprint density at radius 3 is 2.85 bits per heavy atom. The fourth-order valence-electron chi connectivity index (χ4n) is 2.65. The van der Waals surface area contributed by atoms with E-state index in [-0.39, 0.29) is 5.56 Å². The van der Waals surface area contributed by atoms with Gasteiger partial charge in [0.1, 0.15) is 5.52 Å². The summed E-state index contributed by atoms with van der Waals surface area (Å²) in [6, 6.07) is 5.35. The van der Waals surface area contributed by atoms with Gasteiger partial charge in [-0.3, -0.25) is 14.5 Å². The zero-order valence-corrected chi connectivity index (χ0v) is 16.0. The molecule has 0 saturated carbocycles. The lowest BCUT2D eigenvalue weighted by Crippen LogP contribution is -2.15. The van der Waals surface area contributed by atoms with Crippen molar-refractivity contribution in [2.45, 2.75) is 19.9 Å². The van der Waals surface area contributed by atoms with Crippen molar-refractivity contribution in [1.82, 2.24) is 19.7 Å². The van der Waals surface area contributed by atoms with Crippen LogP contribution in [0.5, 0.6) is 0 Å². The lowest BCUT2D eigenvalue weighted by Gasteiger charge is -2.07. The SMILES string of the molecule is CCOCCc1nn(C)c2c(=O)[nH]c(NCc3ccc(Cl)c(Cl)c3)nc12. The molecule has 7 nitrogen and oxygen atoms in total. The molecular weight excluding hydrogens is 377 g/mol. The number of ether oxygens (including phenoxy) is 1. The molecule has 0 amide bonds. The molecule has 2 heterocycles. The molecule has 26 heavy (non-hydrogen) atoms. The predicted octanol–water partition coefficient (Wildman–Crippen LogP) is 3.15. The number of nitrogens with one attached hydrogen (secondary N) is 2. The quantitative estimate of drug-likeness (QED) is 0.600. The first-order chi connectivity index (χ1) is 12.5. The van der Waals surface area contributed by atoms with Gasteiger partial charge in [-0.15, -0.1) is 0 Å². The molecule has 9 heteroatoms. The molecule has 0 atom stereocenters. The van der Waals surface area contributed by atoms with Crippen molar-refractivity contribution in [1.29, 1.82) is 0 Å². The van der Waals surface area contributed by atoms with Crippen LogP contribution in [-0.2, 0) is 24.8 Å². The zero-order valence-electron chi connectivity index (χ0n) is 14.5. The van der Waals surface area contributed by atoms with Gasteiger partial charge in [-0.1, -0.05) is 29.3 Å². The van der Waals surface area contributed by atoms with Crippen molar-refractivity contribution in [3.05, 3.63) is 49.9 Å². The third kappa shape index (κ3) is 4.00. The summed E-state index contributed by atoms with van der Waals surface area (Å²) in [5, 5.41) is 8.48. The van der Waals surface area contributed by atoms with E-state index < -0.39 is 0 Å². The minimum Gasteiger partial charge on any atom is -0.381 e. The van der Waals surface area contributed by atoms with Crippen LogP contribution in [0.2, 0.25) is 10.0 Å². The van der Waals surface area contributed by atoms with Gasteiger partial charge in [0, 0.05) is 26.6 Å². The van der Waals surface area contributed by atoms with E-state index >= 15 is 0 Å². The molecular formula is C17H19Cl2N5O2. The summed E-state index contributed by atoms with van der Waals surface area (Å²) in [7, 11) is 1.73. The topological polar surface area (TPSA) is 84.8 Å². The Hall–Kier alpha value is -2.09. The second-order valence-electron chi connectivity index (χ2n) is 5.73. The predicted molar refractivity (Wildman–Crippen MR) is 103 cm³/mol. The first-order valence-corrected chi connectivity index (χ1v) is 8.96. The highest BCUT2D eigenvalue weighted by Crippen LogP contribution is 2.23. The number of aryl methyl sites for hydroxylation is 1. The maximum atomic E-state index is 12.4. The lowest BCUT2D eigenvalue weighted by molar-refractivity contribution is 0.150. The summed E-state index contributed by atoms with van der Waals surface area (Å²) < 4.78 is 6.93. The number of anilines is 1. The van der Waals surface area contributed by atoms with Crippen LogP contribution in [0.1, 0.15) is 18.2 Å². The van der Waals surface area contributed by atoms with Gasteiger partial charge < -0.3 is 10.1 Å². The van der Waals surface area contributed by atoms with Gasteiger partial charge in [0.25, 0.3) is 5.56 Å². The first kappa shape index (κ1) is 18.7. The van der Waals surface area contributed by atoms with E-state index in [0.29, 0.717) is 53.2 Å². The van der Waals surface area contributed by atoms with Crippen LogP contribution < -0.4 is 10.9 Å². The Morgan fingerprint density at radius 1 is 1.31 bits per heavy atom. The van der Waals surface area contributed by atoms with Crippen molar-refractivity contribution in [3.63, 3.8) is 0 Å². The second-order valence-corrected chi connectivity index (χ2v) is 6.55. The third-order valence-electron chi connectivity index (χ3n) is 3.89. The monoisotopic (exact) mass is 395 g/mol. The molecule has 1 aromatic carbocycles. The number of hydrogen-bond donors (Lipinski definition) is 2. The molecule has 2 aromatic heterocycles. The number of aromatic nitrogens is 4. The number of hydrogen-bond acceptors (Lipinski definition) is 5. The van der Waals surface area contributed by atoms with Crippen LogP contribution in [0.15, 0.2) is 23.0 Å². The summed E-state index contributed by atoms with van der Waals surface area (Å²) in [5.74, 6) is 0.374. The van der Waals surface area contributed by atoms with Gasteiger partial charge >= 0.3 is 0 Å². The normalized spacial score (nSPS) is 11.2. The van der Waals surface area contributed by atoms with Crippen LogP contribution in [-0.4, -0.2) is 33.0 Å². The molecule has 2 N–H and O–H groups in total. The number of fused-ring (bicyclic) bond motifs is 1. The molecule has 0 aliphatic carbocycles. The van der Waals surface area contributed by atoms with Gasteiger partial charge in [-0.05, 0) is 24.6 Å². The standard InChI is InChI=1S/C17H19Cl2N5O2/c1-3-26-7-6-13-14-15(24(2)23-13)16(25)22-17(21-14)20-9-10-4-5-11(18)12(19)8-10/h4-5,8H,3,6-7,9H2,1-2H3,(H2,20,21,22,25). The Balaban J connectivity index is 1.85. The second kappa shape index (κ2) is 8.07. The number of nitrogens with zero attached hydrogens (tertiary/aromatic N) is 3. The molecule has 0 spiro atoms. The Morgan fingerprint density at radius 2 is 2.12 bits per heavy atom. The molecule has 0 unspecified atom stereocenters. The average molecular weight is 396 g/mol. The van der Waals surface area contributed by atoms with E-state index in [1.54, 1.807) is 23.9 Å². The van der Waals surface area contributed by atoms with Gasteiger partial charge in [-0.2, -0.15) is 5.10 Å². The number of H-pyrrole nitrogens is 1. The maximum absolute atomic E-state index is 12.4. The Bertz CT molecular complexity index is 983. The molecule has 3 rings (SSSR count). The largest absolute Gasteiger partial charge is 0.381 e. The summed E-state index contributed by atoms with van der Waals surface area (Å²) in [4.78, 5) is 19.7. The van der Waals surface area contributed by atoms with Gasteiger partial charge in [0.05, 0.1) is 22.3 Å². The molecule has 0 saturated heterocycles. The van der Waals surface area contributed by atoms with Crippen LogP contribution in [0, 0.1) is 0 Å². The van der Waals surface area contributed by atoms with Crippen molar-refractivity contribution in [3.8, 4) is 0 Å². The maximum Gasteiger partial charge on any atom is 0.278 e. The smallest absolute Gasteiger partial charge is 0.278 e. The molecule has 0 aliphatic heterocycles. The number of rotatable bonds is 7. The molecule has 3 aromatic rings. The molecule has 0 radical (unpaired) electrons. The number of benzene rings is 1. The summed E-state index contributed by atoms with van der Waals surface area (Å²) in [5.41, 5.74) is 2.43. The fraction of sp³-hybridized carbons (Fsp3) is 0.353. The van der Waals surface area contributed by atoms with Gasteiger partial charge in [-0.25, -0.2) is 4.98 Å². The molecule has 0 aliphatic rings.